The number of alkyl halides is 3. The predicted molar refractivity (Wildman–Crippen MR) is 86.5 cm³/mol. The first kappa shape index (κ1) is 17.9. The van der Waals surface area contributed by atoms with Gasteiger partial charge in [-0.05, 0) is 24.6 Å². The standard InChI is InChI=1S/C19H19F4NO/c20-18-14(7-4-8-16(18)19(21,22)23)11-24-10-9-15(17(25)12-24)13-5-2-1-3-6-13/h1-8,15,17,25H,9-12H2/t15-,17-/m1/s1. The van der Waals surface area contributed by atoms with Crippen molar-refractivity contribution < 1.29 is 22.7 Å². The number of hydrogen-bond acceptors (Lipinski definition) is 2. The van der Waals surface area contributed by atoms with Gasteiger partial charge in [0, 0.05) is 24.6 Å². The van der Waals surface area contributed by atoms with Crippen molar-refractivity contribution in [1.29, 1.82) is 0 Å². The molecule has 0 aliphatic carbocycles. The normalized spacial score (nSPS) is 22.1. The van der Waals surface area contributed by atoms with Gasteiger partial charge in [0.15, 0.2) is 0 Å². The van der Waals surface area contributed by atoms with Crippen LogP contribution in [0.3, 0.4) is 0 Å². The summed E-state index contributed by atoms with van der Waals surface area (Å²) >= 11 is 0. The highest BCUT2D eigenvalue weighted by Gasteiger charge is 2.35. The minimum Gasteiger partial charge on any atom is -0.391 e. The molecular formula is C19H19F4NO. The third-order valence-electron chi connectivity index (χ3n) is 4.67. The summed E-state index contributed by atoms with van der Waals surface area (Å²) in [5.41, 5.74) is -0.204. The van der Waals surface area contributed by atoms with E-state index in [1.807, 2.05) is 30.3 Å². The summed E-state index contributed by atoms with van der Waals surface area (Å²) in [7, 11) is 0. The van der Waals surface area contributed by atoms with Crippen molar-refractivity contribution in [3.05, 3.63) is 71.0 Å². The van der Waals surface area contributed by atoms with Crippen LogP contribution < -0.4 is 0 Å². The highest BCUT2D eigenvalue weighted by atomic mass is 19.4. The second-order valence-electron chi connectivity index (χ2n) is 6.38. The van der Waals surface area contributed by atoms with E-state index in [1.165, 1.54) is 12.1 Å². The van der Waals surface area contributed by atoms with Crippen LogP contribution in [0.2, 0.25) is 0 Å². The lowest BCUT2D eigenvalue weighted by Crippen LogP contribution is -2.42. The van der Waals surface area contributed by atoms with E-state index < -0.39 is 23.7 Å². The van der Waals surface area contributed by atoms with E-state index in [9.17, 15) is 22.7 Å². The smallest absolute Gasteiger partial charge is 0.391 e. The molecule has 0 radical (unpaired) electrons. The molecule has 2 aromatic rings. The summed E-state index contributed by atoms with van der Waals surface area (Å²) in [5, 5.41) is 10.4. The molecule has 0 bridgehead atoms. The Morgan fingerprint density at radius 2 is 1.76 bits per heavy atom. The molecule has 1 saturated heterocycles. The van der Waals surface area contributed by atoms with Crippen LogP contribution in [-0.2, 0) is 12.7 Å². The van der Waals surface area contributed by atoms with E-state index in [1.54, 1.807) is 4.90 Å². The molecule has 1 aliphatic heterocycles. The number of hydrogen-bond donors (Lipinski definition) is 1. The van der Waals surface area contributed by atoms with Crippen molar-refractivity contribution in [1.82, 2.24) is 4.90 Å². The maximum Gasteiger partial charge on any atom is 0.419 e. The fourth-order valence-electron chi connectivity index (χ4n) is 3.39. The van der Waals surface area contributed by atoms with Gasteiger partial charge in [0.1, 0.15) is 5.82 Å². The molecule has 6 heteroatoms. The highest BCUT2D eigenvalue weighted by molar-refractivity contribution is 5.28. The van der Waals surface area contributed by atoms with Crippen LogP contribution in [0, 0.1) is 5.82 Å². The maximum absolute atomic E-state index is 14.2. The number of nitrogens with zero attached hydrogens (tertiary/aromatic N) is 1. The van der Waals surface area contributed by atoms with E-state index in [0.717, 1.165) is 11.6 Å². The molecule has 1 N–H and O–H groups in total. The van der Waals surface area contributed by atoms with Crippen LogP contribution in [0.5, 0.6) is 0 Å². The Balaban J connectivity index is 1.70. The van der Waals surface area contributed by atoms with Crippen LogP contribution in [0.1, 0.15) is 29.0 Å². The lowest BCUT2D eigenvalue weighted by molar-refractivity contribution is -0.140. The Morgan fingerprint density at radius 1 is 1.04 bits per heavy atom. The largest absolute Gasteiger partial charge is 0.419 e. The summed E-state index contributed by atoms with van der Waals surface area (Å²) < 4.78 is 52.6. The highest BCUT2D eigenvalue weighted by Crippen LogP contribution is 2.33. The molecule has 0 amide bonds. The molecular weight excluding hydrogens is 334 g/mol. The van der Waals surface area contributed by atoms with Gasteiger partial charge in [-0.2, -0.15) is 13.2 Å². The van der Waals surface area contributed by atoms with Gasteiger partial charge in [-0.25, -0.2) is 4.39 Å². The van der Waals surface area contributed by atoms with Crippen LogP contribution in [0.15, 0.2) is 48.5 Å². The number of aliphatic hydroxyl groups excluding tert-OH is 1. The maximum atomic E-state index is 14.2. The Labute approximate surface area is 143 Å². The number of likely N-dealkylation sites (tertiary alicyclic amines) is 1. The summed E-state index contributed by atoms with van der Waals surface area (Å²) in [5.74, 6) is -1.24. The first-order chi connectivity index (χ1) is 11.9. The number of benzene rings is 2. The summed E-state index contributed by atoms with van der Waals surface area (Å²) in [6, 6.07) is 13.0. The van der Waals surface area contributed by atoms with E-state index in [4.69, 9.17) is 0 Å². The lowest BCUT2D eigenvalue weighted by Gasteiger charge is -2.36. The molecule has 1 aliphatic rings. The minimum absolute atomic E-state index is 0.000172. The molecule has 134 valence electrons. The first-order valence-corrected chi connectivity index (χ1v) is 8.16. The van der Waals surface area contributed by atoms with Crippen molar-refractivity contribution in [2.45, 2.75) is 31.2 Å². The predicted octanol–water partition coefficient (Wildman–Crippen LogP) is 4.19. The minimum atomic E-state index is -4.71. The van der Waals surface area contributed by atoms with Crippen LogP contribution in [0.25, 0.3) is 0 Å². The van der Waals surface area contributed by atoms with Gasteiger partial charge in [-0.15, -0.1) is 0 Å². The van der Waals surface area contributed by atoms with Gasteiger partial charge in [-0.1, -0.05) is 42.5 Å². The van der Waals surface area contributed by atoms with Gasteiger partial charge >= 0.3 is 6.18 Å². The van der Waals surface area contributed by atoms with Crippen LogP contribution in [0.4, 0.5) is 17.6 Å². The zero-order valence-corrected chi connectivity index (χ0v) is 13.5. The zero-order valence-electron chi connectivity index (χ0n) is 13.5. The van der Waals surface area contributed by atoms with Gasteiger partial charge in [0.25, 0.3) is 0 Å². The van der Waals surface area contributed by atoms with Crippen molar-refractivity contribution in [3.63, 3.8) is 0 Å². The van der Waals surface area contributed by atoms with Gasteiger partial charge in [0.05, 0.1) is 11.7 Å². The molecule has 2 aromatic carbocycles. The second-order valence-corrected chi connectivity index (χ2v) is 6.38. The summed E-state index contributed by atoms with van der Waals surface area (Å²) in [4.78, 5) is 1.79. The number of halogens is 4. The third kappa shape index (κ3) is 4.02. The quantitative estimate of drug-likeness (QED) is 0.837. The van der Waals surface area contributed by atoms with Crippen molar-refractivity contribution >= 4 is 0 Å². The molecule has 3 rings (SSSR count). The number of piperidine rings is 1. The van der Waals surface area contributed by atoms with E-state index in [0.29, 0.717) is 19.5 Å². The van der Waals surface area contributed by atoms with E-state index in [2.05, 4.69) is 0 Å². The molecule has 0 aromatic heterocycles. The fraction of sp³-hybridized carbons (Fsp3) is 0.368. The SMILES string of the molecule is O[C@@H]1CN(Cc2cccc(C(F)(F)F)c2F)CC[C@@H]1c1ccccc1. The molecule has 1 heterocycles. The average Bonchev–Trinajstić information content (AvgIpc) is 2.56. The average molecular weight is 353 g/mol. The summed E-state index contributed by atoms with van der Waals surface area (Å²) in [6.07, 6.45) is -4.67. The Hall–Kier alpha value is -1.92. The molecule has 2 nitrogen and oxygen atoms in total. The van der Waals surface area contributed by atoms with Crippen LogP contribution in [-0.4, -0.2) is 29.2 Å². The van der Waals surface area contributed by atoms with Crippen molar-refractivity contribution in [2.75, 3.05) is 13.1 Å². The third-order valence-corrected chi connectivity index (χ3v) is 4.67. The van der Waals surface area contributed by atoms with E-state index >= 15 is 0 Å². The summed E-state index contributed by atoms with van der Waals surface area (Å²) in [6.45, 7) is 0.940. The van der Waals surface area contributed by atoms with E-state index in [-0.39, 0.29) is 18.0 Å². The number of rotatable bonds is 3. The topological polar surface area (TPSA) is 23.5 Å². The molecule has 1 fully saturated rings. The lowest BCUT2D eigenvalue weighted by atomic mass is 9.87. The Kier molecular flexibility index (Phi) is 5.11. The van der Waals surface area contributed by atoms with Crippen molar-refractivity contribution in [3.8, 4) is 0 Å². The second kappa shape index (κ2) is 7.14. The molecule has 25 heavy (non-hydrogen) atoms. The molecule has 2 atom stereocenters. The number of β-amino-alcohol motifs (C(OH)–C–C–N with tert-alkyl or cyclic N) is 1. The Bertz CT molecular complexity index is 717. The first-order valence-electron chi connectivity index (χ1n) is 8.16. The molecule has 0 saturated carbocycles. The fourth-order valence-corrected chi connectivity index (χ4v) is 3.39. The monoisotopic (exact) mass is 353 g/mol. The van der Waals surface area contributed by atoms with Gasteiger partial charge in [0.2, 0.25) is 0 Å². The Morgan fingerprint density at radius 3 is 2.40 bits per heavy atom. The van der Waals surface area contributed by atoms with Crippen molar-refractivity contribution in [2.24, 2.45) is 0 Å². The molecule has 0 unspecified atom stereocenters. The molecule has 0 spiro atoms. The van der Waals surface area contributed by atoms with Crippen LogP contribution >= 0.6 is 0 Å². The van der Waals surface area contributed by atoms with Gasteiger partial charge in [-0.3, -0.25) is 4.90 Å². The number of aliphatic hydroxyl groups is 1. The zero-order chi connectivity index (χ0) is 18.0. The van der Waals surface area contributed by atoms with Gasteiger partial charge < -0.3 is 5.11 Å².